The normalized spacial score (nSPS) is 11.3. The maximum Gasteiger partial charge on any atom is 0.314 e. The van der Waals surface area contributed by atoms with E-state index in [0.29, 0.717) is 27.8 Å². The Labute approximate surface area is 250 Å². The Balaban J connectivity index is 0.000000225. The lowest BCUT2D eigenvalue weighted by Crippen LogP contribution is -2.28. The third-order valence-electron chi connectivity index (χ3n) is 5.40. The zero-order chi connectivity index (χ0) is 31.0. The lowest BCUT2D eigenvalue weighted by molar-refractivity contribution is 0.115. The number of aromatic nitrogens is 6. The van der Waals surface area contributed by atoms with E-state index in [1.165, 1.54) is 18.5 Å². The van der Waals surface area contributed by atoms with Crippen LogP contribution >= 0.6 is 15.9 Å². The maximum absolute atomic E-state index is 12.5. The Morgan fingerprint density at radius 3 is 1.70 bits per heavy atom. The monoisotopic (exact) mass is 681 g/mol. The van der Waals surface area contributed by atoms with Gasteiger partial charge in [0.15, 0.2) is 0 Å². The lowest BCUT2D eigenvalue weighted by atomic mass is 10.2. The summed E-state index contributed by atoms with van der Waals surface area (Å²) < 4.78 is 84.9. The molecular weight excluding hydrogens is 662 g/mol. The average molecular weight is 682 g/mol. The van der Waals surface area contributed by atoms with Gasteiger partial charge in [0.2, 0.25) is 11.8 Å². The van der Waals surface area contributed by atoms with Crippen molar-refractivity contribution < 1.29 is 34.8 Å². The molecule has 0 N–H and O–H groups in total. The molecule has 5 rings (SSSR count). The fourth-order valence-corrected chi connectivity index (χ4v) is 4.55. The Morgan fingerprint density at radius 1 is 0.791 bits per heavy atom. The van der Waals surface area contributed by atoms with Crippen LogP contribution in [0.3, 0.4) is 0 Å². The quantitative estimate of drug-likeness (QED) is 0.118. The smallest absolute Gasteiger partial charge is 0.314 e. The summed E-state index contributed by atoms with van der Waals surface area (Å²) in [6.07, 6.45) is -2.76. The number of hydrogen-bond acceptors (Lipinski definition) is 10. The summed E-state index contributed by atoms with van der Waals surface area (Å²) >= 11 is 3.25. The summed E-state index contributed by atoms with van der Waals surface area (Å²) in [6.45, 7) is 3.31. The van der Waals surface area contributed by atoms with Crippen molar-refractivity contribution in [2.45, 2.75) is 24.7 Å². The number of rotatable bonds is 10. The van der Waals surface area contributed by atoms with E-state index in [4.69, 9.17) is 8.83 Å². The molecular formula is C26H20BrF4N7O4S. The number of benzene rings is 1. The van der Waals surface area contributed by atoms with Crippen molar-refractivity contribution in [3.63, 3.8) is 0 Å². The van der Waals surface area contributed by atoms with Gasteiger partial charge in [-0.25, -0.2) is 8.42 Å². The molecule has 0 bridgehead atoms. The molecule has 0 unspecified atom stereocenters. The summed E-state index contributed by atoms with van der Waals surface area (Å²) in [5, 5.41) is 15.0. The van der Waals surface area contributed by atoms with Crippen LogP contribution in [0, 0.1) is 0 Å². The van der Waals surface area contributed by atoms with E-state index in [-0.39, 0.29) is 18.3 Å². The maximum atomic E-state index is 12.5. The average Bonchev–Trinajstić information content (AvgIpc) is 3.72. The molecule has 0 radical (unpaired) electrons. The number of halogens is 5. The molecule has 17 heteroatoms. The van der Waals surface area contributed by atoms with Gasteiger partial charge in [-0.1, -0.05) is 40.7 Å². The zero-order valence-electron chi connectivity index (χ0n) is 21.8. The molecule has 0 spiro atoms. The molecule has 4 aromatic heterocycles. The van der Waals surface area contributed by atoms with Crippen LogP contribution in [-0.4, -0.2) is 38.8 Å². The molecule has 0 fully saturated rings. The van der Waals surface area contributed by atoms with Crippen LogP contribution in [0.25, 0.3) is 22.9 Å². The third kappa shape index (κ3) is 8.07. The van der Waals surface area contributed by atoms with E-state index >= 15 is 0 Å². The minimum absolute atomic E-state index is 0.0369. The summed E-state index contributed by atoms with van der Waals surface area (Å²) in [4.78, 5) is 8.23. The fourth-order valence-electron chi connectivity index (χ4n) is 3.31. The van der Waals surface area contributed by atoms with Gasteiger partial charge in [-0.15, -0.1) is 20.4 Å². The van der Waals surface area contributed by atoms with Gasteiger partial charge in [0, 0.05) is 23.1 Å². The molecule has 4 heterocycles. The van der Waals surface area contributed by atoms with Crippen molar-refractivity contribution in [1.82, 2.24) is 30.4 Å². The fraction of sp³-hybridized carbons (Fsp3) is 0.154. The number of nitrogens with zero attached hydrogens (tertiary/aromatic N) is 7. The number of alkyl halides is 5. The standard InChI is InChI=1S/C17H14F2N4O3S.C9H6BrF2N3O/c1-2-27(24,25)23(14-6-4-3-5-7-14)11-13-9-8-12(10-20-13)16-21-22-17(26-16)15(18)19;10-3-6-2-1-5(4-13-6)8-14-15-9(16-8)7(11)12/h2-10,15H,1,11H2;1-2,4,7H,3H2. The lowest BCUT2D eigenvalue weighted by Gasteiger charge is -2.22. The topological polar surface area (TPSA) is 141 Å². The first kappa shape index (κ1) is 31.4. The largest absolute Gasteiger partial charge is 0.415 e. The van der Waals surface area contributed by atoms with E-state index in [2.05, 4.69) is 52.9 Å². The summed E-state index contributed by atoms with van der Waals surface area (Å²) in [7, 11) is -3.75. The van der Waals surface area contributed by atoms with E-state index in [0.717, 1.165) is 15.4 Å². The van der Waals surface area contributed by atoms with E-state index in [1.54, 1.807) is 48.5 Å². The highest BCUT2D eigenvalue weighted by Crippen LogP contribution is 2.25. The molecule has 0 amide bonds. The molecule has 0 aliphatic heterocycles. The molecule has 0 aliphatic rings. The third-order valence-corrected chi connectivity index (χ3v) is 7.35. The van der Waals surface area contributed by atoms with Crippen LogP contribution in [-0.2, 0) is 21.9 Å². The van der Waals surface area contributed by atoms with Crippen molar-refractivity contribution in [3.8, 4) is 22.9 Å². The Bertz CT molecular complexity index is 1740. The molecule has 0 saturated carbocycles. The Kier molecular flexibility index (Phi) is 10.3. The summed E-state index contributed by atoms with van der Waals surface area (Å²) in [6, 6.07) is 15.0. The minimum Gasteiger partial charge on any atom is -0.415 e. The van der Waals surface area contributed by atoms with Crippen LogP contribution in [0.15, 0.2) is 87.8 Å². The first-order chi connectivity index (χ1) is 20.6. The van der Waals surface area contributed by atoms with E-state index in [9.17, 15) is 26.0 Å². The van der Waals surface area contributed by atoms with Gasteiger partial charge < -0.3 is 8.83 Å². The Morgan fingerprint density at radius 2 is 1.30 bits per heavy atom. The van der Waals surface area contributed by atoms with Gasteiger partial charge in [-0.3, -0.25) is 14.3 Å². The van der Waals surface area contributed by atoms with Crippen molar-refractivity contribution in [1.29, 1.82) is 0 Å². The van der Waals surface area contributed by atoms with Gasteiger partial charge >= 0.3 is 12.9 Å². The van der Waals surface area contributed by atoms with Gasteiger partial charge in [0.25, 0.3) is 21.8 Å². The Hall–Kier alpha value is -4.51. The van der Waals surface area contributed by atoms with Gasteiger partial charge in [0.1, 0.15) is 0 Å². The van der Waals surface area contributed by atoms with Gasteiger partial charge in [0.05, 0.1) is 34.7 Å². The second-order valence-electron chi connectivity index (χ2n) is 8.26. The number of hydrogen-bond donors (Lipinski definition) is 0. The van der Waals surface area contributed by atoms with Crippen molar-refractivity contribution in [2.75, 3.05) is 4.31 Å². The highest BCUT2D eigenvalue weighted by atomic mass is 79.9. The predicted octanol–water partition coefficient (Wildman–Crippen LogP) is 6.51. The minimum atomic E-state index is -3.75. The van der Waals surface area contributed by atoms with Crippen LogP contribution in [0.1, 0.15) is 36.0 Å². The molecule has 5 aromatic rings. The van der Waals surface area contributed by atoms with Gasteiger partial charge in [-0.2, -0.15) is 17.6 Å². The van der Waals surface area contributed by atoms with Crippen molar-refractivity contribution in [3.05, 3.63) is 102 Å². The number of pyridine rings is 2. The van der Waals surface area contributed by atoms with Crippen LogP contribution in [0.4, 0.5) is 23.2 Å². The van der Waals surface area contributed by atoms with Crippen molar-refractivity contribution >= 4 is 31.6 Å². The molecule has 11 nitrogen and oxygen atoms in total. The highest BCUT2D eigenvalue weighted by molar-refractivity contribution is 9.08. The van der Waals surface area contributed by atoms with E-state index < -0.39 is 34.7 Å². The first-order valence-corrected chi connectivity index (χ1v) is 14.6. The molecule has 1 aromatic carbocycles. The van der Waals surface area contributed by atoms with Crippen LogP contribution in [0.2, 0.25) is 0 Å². The summed E-state index contributed by atoms with van der Waals surface area (Å²) in [5.74, 6) is -1.51. The molecule has 0 saturated heterocycles. The highest BCUT2D eigenvalue weighted by Gasteiger charge is 2.21. The second-order valence-corrected chi connectivity index (χ2v) is 10.6. The second kappa shape index (κ2) is 14.1. The molecule has 0 aliphatic carbocycles. The molecule has 0 atom stereocenters. The van der Waals surface area contributed by atoms with E-state index in [1.807, 2.05) is 0 Å². The first-order valence-electron chi connectivity index (χ1n) is 12.0. The van der Waals surface area contributed by atoms with Gasteiger partial charge in [-0.05, 0) is 36.4 Å². The van der Waals surface area contributed by atoms with Crippen LogP contribution < -0.4 is 4.31 Å². The number of anilines is 1. The number of sulfonamides is 1. The number of para-hydroxylation sites is 1. The molecule has 43 heavy (non-hydrogen) atoms. The molecule has 224 valence electrons. The van der Waals surface area contributed by atoms with Crippen molar-refractivity contribution in [2.24, 2.45) is 0 Å². The SMILES string of the molecule is C=CS(=O)(=O)N(Cc1ccc(-c2nnc(C(F)F)o2)cn1)c1ccccc1.FC(F)c1nnc(-c2ccc(CBr)nc2)o1. The predicted molar refractivity (Wildman–Crippen MR) is 149 cm³/mol. The van der Waals surface area contributed by atoms with Crippen LogP contribution in [0.5, 0.6) is 0 Å². The zero-order valence-corrected chi connectivity index (χ0v) is 24.2. The summed E-state index contributed by atoms with van der Waals surface area (Å²) in [5.41, 5.74) is 2.58.